The van der Waals surface area contributed by atoms with Crippen molar-refractivity contribution in [1.29, 1.82) is 0 Å². The van der Waals surface area contributed by atoms with Crippen molar-refractivity contribution in [2.45, 2.75) is 39.4 Å². The fourth-order valence-corrected chi connectivity index (χ4v) is 3.34. The Balaban J connectivity index is 1.37. The van der Waals surface area contributed by atoms with E-state index in [2.05, 4.69) is 27.8 Å². The number of fused-ring (bicyclic) bond motifs is 1. The number of nitrogens with one attached hydrogen (secondary N) is 2. The number of rotatable bonds is 6. The van der Waals surface area contributed by atoms with E-state index in [-0.39, 0.29) is 11.7 Å². The van der Waals surface area contributed by atoms with E-state index in [0.29, 0.717) is 44.1 Å². The van der Waals surface area contributed by atoms with Gasteiger partial charge >= 0.3 is 0 Å². The van der Waals surface area contributed by atoms with Crippen molar-refractivity contribution >= 4 is 11.9 Å². The summed E-state index contributed by atoms with van der Waals surface area (Å²) >= 11 is 0. The summed E-state index contributed by atoms with van der Waals surface area (Å²) in [6.45, 7) is 4.40. The standard InChI is InChI=1S/C22H27FN4O/c1-16-12-17(9-10-20(16)23)13-26-22(24-2)25-11-5-8-21(28)27-14-18-6-3-4-7-19(18)15-27/h3-4,6-7,9-10,12H,5,8,11,13-15H2,1-2H3,(H2,24,25,26). The van der Waals surface area contributed by atoms with Gasteiger partial charge in [0.1, 0.15) is 5.82 Å². The normalized spacial score (nSPS) is 13.4. The van der Waals surface area contributed by atoms with Crippen molar-refractivity contribution in [3.8, 4) is 0 Å². The van der Waals surface area contributed by atoms with E-state index in [1.54, 1.807) is 20.0 Å². The minimum absolute atomic E-state index is 0.183. The number of halogens is 1. The number of amides is 1. The molecule has 0 aromatic heterocycles. The third-order valence-electron chi connectivity index (χ3n) is 4.96. The van der Waals surface area contributed by atoms with E-state index in [9.17, 15) is 9.18 Å². The Bertz CT molecular complexity index is 840. The molecule has 1 aliphatic heterocycles. The summed E-state index contributed by atoms with van der Waals surface area (Å²) in [6, 6.07) is 13.3. The monoisotopic (exact) mass is 382 g/mol. The maximum absolute atomic E-state index is 13.3. The van der Waals surface area contributed by atoms with Gasteiger partial charge in [0, 0.05) is 39.6 Å². The van der Waals surface area contributed by atoms with Gasteiger partial charge in [0.25, 0.3) is 0 Å². The number of hydrogen-bond donors (Lipinski definition) is 2. The van der Waals surface area contributed by atoms with Gasteiger partial charge in [0.15, 0.2) is 5.96 Å². The lowest BCUT2D eigenvalue weighted by atomic mass is 10.1. The molecule has 0 spiro atoms. The third-order valence-corrected chi connectivity index (χ3v) is 4.96. The van der Waals surface area contributed by atoms with Crippen molar-refractivity contribution in [1.82, 2.24) is 15.5 Å². The molecule has 0 atom stereocenters. The highest BCUT2D eigenvalue weighted by Gasteiger charge is 2.22. The summed E-state index contributed by atoms with van der Waals surface area (Å²) < 4.78 is 13.3. The summed E-state index contributed by atoms with van der Waals surface area (Å²) in [6.07, 6.45) is 1.25. The Morgan fingerprint density at radius 3 is 2.50 bits per heavy atom. The summed E-state index contributed by atoms with van der Waals surface area (Å²) in [5, 5.41) is 6.43. The molecule has 0 unspecified atom stereocenters. The van der Waals surface area contributed by atoms with E-state index in [0.717, 1.165) is 12.0 Å². The van der Waals surface area contributed by atoms with Crippen molar-refractivity contribution in [3.63, 3.8) is 0 Å². The second-order valence-electron chi connectivity index (χ2n) is 7.06. The van der Waals surface area contributed by atoms with Crippen molar-refractivity contribution in [3.05, 3.63) is 70.5 Å². The number of benzene rings is 2. The molecular weight excluding hydrogens is 355 g/mol. The van der Waals surface area contributed by atoms with Crippen molar-refractivity contribution in [2.75, 3.05) is 13.6 Å². The van der Waals surface area contributed by atoms with Gasteiger partial charge in [-0.1, -0.05) is 36.4 Å². The lowest BCUT2D eigenvalue weighted by Gasteiger charge is -2.16. The number of carbonyl (C=O) groups excluding carboxylic acids is 1. The summed E-state index contributed by atoms with van der Waals surface area (Å²) in [4.78, 5) is 18.5. The first kappa shape index (κ1) is 19.9. The number of aliphatic imine (C=N–C) groups is 1. The van der Waals surface area contributed by atoms with E-state index in [1.165, 1.54) is 17.2 Å². The fraction of sp³-hybridized carbons (Fsp3) is 0.364. The second kappa shape index (κ2) is 9.35. The van der Waals surface area contributed by atoms with E-state index < -0.39 is 0 Å². The molecule has 6 heteroatoms. The molecule has 0 saturated carbocycles. The first-order valence-electron chi connectivity index (χ1n) is 9.61. The van der Waals surface area contributed by atoms with Crippen LogP contribution in [-0.4, -0.2) is 30.4 Å². The minimum Gasteiger partial charge on any atom is -0.356 e. The van der Waals surface area contributed by atoms with E-state index >= 15 is 0 Å². The topological polar surface area (TPSA) is 56.7 Å². The van der Waals surface area contributed by atoms with Crippen LogP contribution in [0.3, 0.4) is 0 Å². The molecule has 0 bridgehead atoms. The van der Waals surface area contributed by atoms with Gasteiger partial charge in [-0.25, -0.2) is 4.39 Å². The second-order valence-corrected chi connectivity index (χ2v) is 7.06. The Morgan fingerprint density at radius 1 is 1.14 bits per heavy atom. The molecule has 2 aromatic carbocycles. The number of hydrogen-bond acceptors (Lipinski definition) is 2. The van der Waals surface area contributed by atoms with Gasteiger partial charge in [-0.05, 0) is 41.7 Å². The van der Waals surface area contributed by atoms with Crippen LogP contribution >= 0.6 is 0 Å². The molecule has 1 amide bonds. The first-order chi connectivity index (χ1) is 13.6. The summed E-state index contributed by atoms with van der Waals surface area (Å²) in [5.74, 6) is 0.655. The maximum atomic E-state index is 13.3. The van der Waals surface area contributed by atoms with Gasteiger partial charge in [-0.2, -0.15) is 0 Å². The first-order valence-corrected chi connectivity index (χ1v) is 9.61. The van der Waals surface area contributed by atoms with Gasteiger partial charge < -0.3 is 15.5 Å². The van der Waals surface area contributed by atoms with Crippen LogP contribution in [0, 0.1) is 12.7 Å². The predicted octanol–water partition coefficient (Wildman–Crippen LogP) is 3.12. The predicted molar refractivity (Wildman–Crippen MR) is 109 cm³/mol. The quantitative estimate of drug-likeness (QED) is 0.459. The highest BCUT2D eigenvalue weighted by molar-refractivity contribution is 5.80. The molecule has 3 rings (SSSR count). The Labute approximate surface area is 165 Å². The largest absolute Gasteiger partial charge is 0.356 e. The molecule has 0 fully saturated rings. The van der Waals surface area contributed by atoms with Crippen LogP contribution in [0.1, 0.15) is 35.1 Å². The number of guanidine groups is 1. The minimum atomic E-state index is -0.197. The Kier molecular flexibility index (Phi) is 6.63. The Morgan fingerprint density at radius 2 is 1.86 bits per heavy atom. The lowest BCUT2D eigenvalue weighted by molar-refractivity contribution is -0.131. The van der Waals surface area contributed by atoms with Gasteiger partial charge in [-0.3, -0.25) is 9.79 Å². The smallest absolute Gasteiger partial charge is 0.223 e. The van der Waals surface area contributed by atoms with Crippen molar-refractivity contribution < 1.29 is 9.18 Å². The molecule has 1 heterocycles. The van der Waals surface area contributed by atoms with Crippen LogP contribution in [0.4, 0.5) is 4.39 Å². The molecule has 0 saturated heterocycles. The van der Waals surface area contributed by atoms with Gasteiger partial charge in [-0.15, -0.1) is 0 Å². The third kappa shape index (κ3) is 5.09. The molecule has 2 aromatic rings. The van der Waals surface area contributed by atoms with E-state index in [1.807, 2.05) is 23.1 Å². The molecule has 5 nitrogen and oxygen atoms in total. The molecule has 0 radical (unpaired) electrons. The SMILES string of the molecule is CN=C(NCCCC(=O)N1Cc2ccccc2C1)NCc1ccc(F)c(C)c1. The average molecular weight is 382 g/mol. The van der Waals surface area contributed by atoms with Crippen LogP contribution in [0.2, 0.25) is 0 Å². The fourth-order valence-electron chi connectivity index (χ4n) is 3.34. The summed E-state index contributed by atoms with van der Waals surface area (Å²) in [5.41, 5.74) is 4.11. The molecular formula is C22H27FN4O. The molecule has 1 aliphatic rings. The van der Waals surface area contributed by atoms with Crippen molar-refractivity contribution in [2.24, 2.45) is 4.99 Å². The van der Waals surface area contributed by atoms with E-state index in [4.69, 9.17) is 0 Å². The highest BCUT2D eigenvalue weighted by atomic mass is 19.1. The summed E-state index contributed by atoms with van der Waals surface area (Å²) in [7, 11) is 1.71. The number of aryl methyl sites for hydroxylation is 1. The molecule has 28 heavy (non-hydrogen) atoms. The van der Waals surface area contributed by atoms with Gasteiger partial charge in [0.2, 0.25) is 5.91 Å². The zero-order chi connectivity index (χ0) is 19.9. The van der Waals surface area contributed by atoms with Crippen LogP contribution in [0.25, 0.3) is 0 Å². The number of carbonyl (C=O) groups is 1. The Hall–Kier alpha value is -2.89. The highest BCUT2D eigenvalue weighted by Crippen LogP contribution is 2.22. The zero-order valence-electron chi connectivity index (χ0n) is 16.5. The molecule has 0 aliphatic carbocycles. The van der Waals surface area contributed by atoms with Crippen LogP contribution in [0.5, 0.6) is 0 Å². The van der Waals surface area contributed by atoms with Crippen LogP contribution in [0.15, 0.2) is 47.5 Å². The van der Waals surface area contributed by atoms with Gasteiger partial charge in [0.05, 0.1) is 0 Å². The molecule has 2 N–H and O–H groups in total. The molecule has 148 valence electrons. The average Bonchev–Trinajstić information content (AvgIpc) is 3.14. The lowest BCUT2D eigenvalue weighted by Crippen LogP contribution is -2.37. The number of nitrogens with zero attached hydrogens (tertiary/aromatic N) is 2. The van der Waals surface area contributed by atoms with Crippen LogP contribution < -0.4 is 10.6 Å². The maximum Gasteiger partial charge on any atom is 0.223 e. The van der Waals surface area contributed by atoms with Crippen LogP contribution in [-0.2, 0) is 24.4 Å². The zero-order valence-corrected chi connectivity index (χ0v) is 16.5.